The molecule has 2 rings (SSSR count). The molecule has 8 heteroatoms. The molecule has 0 saturated heterocycles. The molecule has 0 aliphatic rings. The third-order valence-electron chi connectivity index (χ3n) is 6.48. The molecule has 2 atom stereocenters. The van der Waals surface area contributed by atoms with Crippen molar-refractivity contribution >= 4 is 35.4 Å². The van der Waals surface area contributed by atoms with Gasteiger partial charge in [0.1, 0.15) is 17.7 Å². The number of benzene rings is 2. The van der Waals surface area contributed by atoms with Crippen LogP contribution >= 0.6 is 11.8 Å². The molecule has 2 aromatic carbocycles. The van der Waals surface area contributed by atoms with Crippen LogP contribution in [0.4, 0.5) is 10.5 Å². The number of anilines is 1. The van der Waals surface area contributed by atoms with E-state index in [0.29, 0.717) is 25.1 Å². The summed E-state index contributed by atoms with van der Waals surface area (Å²) in [6, 6.07) is 9.99. The topological polar surface area (TPSA) is 87.7 Å². The van der Waals surface area contributed by atoms with E-state index in [2.05, 4.69) is 10.6 Å². The van der Waals surface area contributed by atoms with Gasteiger partial charge in [0.2, 0.25) is 5.91 Å². The minimum Gasteiger partial charge on any atom is -0.444 e. The molecule has 0 aliphatic carbocycles. The summed E-state index contributed by atoms with van der Waals surface area (Å²) in [5, 5.41) is 5.89. The monoisotopic (exact) mass is 555 g/mol. The van der Waals surface area contributed by atoms with Crippen LogP contribution in [0.2, 0.25) is 0 Å². The predicted octanol–water partition coefficient (Wildman–Crippen LogP) is 6.49. The molecular weight excluding hydrogens is 510 g/mol. The highest BCUT2D eigenvalue weighted by atomic mass is 32.2. The maximum atomic E-state index is 14.2. The fraction of sp³-hybridized carbons (Fsp3) is 0.516. The second-order valence-corrected chi connectivity index (χ2v) is 12.0. The van der Waals surface area contributed by atoms with Gasteiger partial charge in [-0.3, -0.25) is 9.59 Å². The van der Waals surface area contributed by atoms with Gasteiger partial charge in [-0.05, 0) is 101 Å². The summed E-state index contributed by atoms with van der Waals surface area (Å²) in [6.07, 6.45) is 2.36. The molecule has 3 amide bonds. The zero-order valence-corrected chi connectivity index (χ0v) is 25.8. The van der Waals surface area contributed by atoms with Gasteiger partial charge in [0, 0.05) is 12.2 Å². The zero-order valence-electron chi connectivity index (χ0n) is 24.9. The summed E-state index contributed by atoms with van der Waals surface area (Å²) < 4.78 is 5.46. The van der Waals surface area contributed by atoms with E-state index in [1.807, 2.05) is 77.3 Å². The molecule has 2 N–H and O–H groups in total. The number of hydrogen-bond donors (Lipinski definition) is 2. The Morgan fingerprint density at radius 1 is 0.974 bits per heavy atom. The summed E-state index contributed by atoms with van der Waals surface area (Å²) in [5.41, 5.74) is 4.79. The number of amides is 3. The molecule has 0 aromatic heterocycles. The number of rotatable bonds is 11. The summed E-state index contributed by atoms with van der Waals surface area (Å²) in [6.45, 7) is 15.6. The van der Waals surface area contributed by atoms with E-state index in [0.717, 1.165) is 33.5 Å². The average Bonchev–Trinajstić information content (AvgIpc) is 2.84. The molecule has 0 spiro atoms. The Bertz CT molecular complexity index is 1140. The minimum atomic E-state index is -0.882. The fourth-order valence-electron chi connectivity index (χ4n) is 4.36. The summed E-state index contributed by atoms with van der Waals surface area (Å²) in [4.78, 5) is 42.5. The van der Waals surface area contributed by atoms with Crippen LogP contribution in [0.1, 0.15) is 74.4 Å². The van der Waals surface area contributed by atoms with Gasteiger partial charge in [-0.15, -0.1) is 0 Å². The van der Waals surface area contributed by atoms with Crippen molar-refractivity contribution in [3.8, 4) is 0 Å². The normalized spacial score (nSPS) is 12.8. The Balaban J connectivity index is 2.56. The molecule has 0 aliphatic heterocycles. The number of aryl methyl sites for hydroxylation is 4. The van der Waals surface area contributed by atoms with Crippen LogP contribution in [0.25, 0.3) is 0 Å². The lowest BCUT2D eigenvalue weighted by molar-refractivity contribution is -0.140. The lowest BCUT2D eigenvalue weighted by atomic mass is 9.97. The molecule has 2 aromatic rings. The number of para-hydroxylation sites is 1. The molecule has 0 saturated carbocycles. The first-order valence-electron chi connectivity index (χ1n) is 13.5. The zero-order chi connectivity index (χ0) is 29.3. The second kappa shape index (κ2) is 14.4. The molecule has 0 fully saturated rings. The van der Waals surface area contributed by atoms with Crippen LogP contribution in [-0.4, -0.2) is 53.0 Å². The average molecular weight is 556 g/mol. The van der Waals surface area contributed by atoms with E-state index >= 15 is 0 Å². The highest BCUT2D eigenvalue weighted by Crippen LogP contribution is 2.28. The standard InChI is InChI=1S/C31H45N3O4S/c1-10-17-34(29(36)25(16-18-39-9)32-30(37)38-31(6,7)8)27(24-15-14-20(2)23(5)19-24)28(35)33-26-21(3)12-11-13-22(26)4/h11-15,19,25,27H,10,16-18H2,1-9H3,(H,32,37)(H,33,35). The van der Waals surface area contributed by atoms with Gasteiger partial charge in [0.25, 0.3) is 5.91 Å². The van der Waals surface area contributed by atoms with E-state index in [9.17, 15) is 14.4 Å². The summed E-state index contributed by atoms with van der Waals surface area (Å²) >= 11 is 1.59. The Morgan fingerprint density at radius 2 is 1.62 bits per heavy atom. The van der Waals surface area contributed by atoms with Crippen molar-refractivity contribution in [2.24, 2.45) is 0 Å². The molecule has 0 bridgehead atoms. The lowest BCUT2D eigenvalue weighted by Gasteiger charge is -2.34. The Morgan fingerprint density at radius 3 is 2.15 bits per heavy atom. The number of nitrogens with one attached hydrogen (secondary N) is 2. The van der Waals surface area contributed by atoms with Crippen molar-refractivity contribution < 1.29 is 19.1 Å². The summed E-state index contributed by atoms with van der Waals surface area (Å²) in [5.74, 6) is 0.0599. The molecule has 0 radical (unpaired) electrons. The Hall–Kier alpha value is -3.00. The van der Waals surface area contributed by atoms with Crippen LogP contribution in [0.3, 0.4) is 0 Å². The van der Waals surface area contributed by atoms with Gasteiger partial charge in [0.05, 0.1) is 0 Å². The van der Waals surface area contributed by atoms with E-state index in [1.54, 1.807) is 37.4 Å². The van der Waals surface area contributed by atoms with Gasteiger partial charge < -0.3 is 20.3 Å². The van der Waals surface area contributed by atoms with Crippen LogP contribution in [0.15, 0.2) is 36.4 Å². The number of hydrogen-bond acceptors (Lipinski definition) is 5. The van der Waals surface area contributed by atoms with Crippen molar-refractivity contribution in [1.29, 1.82) is 0 Å². The van der Waals surface area contributed by atoms with Crippen LogP contribution in [0.5, 0.6) is 0 Å². The predicted molar refractivity (Wildman–Crippen MR) is 161 cm³/mol. The number of alkyl carbamates (subject to hydrolysis) is 1. The van der Waals surface area contributed by atoms with Crippen molar-refractivity contribution in [3.63, 3.8) is 0 Å². The van der Waals surface area contributed by atoms with E-state index in [4.69, 9.17) is 4.74 Å². The lowest BCUT2D eigenvalue weighted by Crippen LogP contribution is -2.52. The Kier molecular flexibility index (Phi) is 11.9. The number of thioether (sulfide) groups is 1. The largest absolute Gasteiger partial charge is 0.444 e. The molecule has 7 nitrogen and oxygen atoms in total. The second-order valence-electron chi connectivity index (χ2n) is 11.0. The molecular formula is C31H45N3O4S. The third-order valence-corrected chi connectivity index (χ3v) is 7.13. The fourth-order valence-corrected chi connectivity index (χ4v) is 4.83. The van der Waals surface area contributed by atoms with E-state index < -0.39 is 23.8 Å². The van der Waals surface area contributed by atoms with Gasteiger partial charge >= 0.3 is 6.09 Å². The van der Waals surface area contributed by atoms with Crippen molar-refractivity contribution in [1.82, 2.24) is 10.2 Å². The summed E-state index contributed by atoms with van der Waals surface area (Å²) in [7, 11) is 0. The maximum absolute atomic E-state index is 14.2. The van der Waals surface area contributed by atoms with Crippen LogP contribution in [0, 0.1) is 27.7 Å². The first-order chi connectivity index (χ1) is 18.3. The van der Waals surface area contributed by atoms with E-state index in [1.165, 1.54) is 0 Å². The highest BCUT2D eigenvalue weighted by molar-refractivity contribution is 7.98. The van der Waals surface area contributed by atoms with Crippen LogP contribution < -0.4 is 10.6 Å². The molecule has 214 valence electrons. The number of carbonyl (C=O) groups is 3. The van der Waals surface area contributed by atoms with Gasteiger partial charge in [-0.2, -0.15) is 11.8 Å². The SMILES string of the molecule is CCCN(C(=O)C(CCSC)NC(=O)OC(C)(C)C)C(C(=O)Nc1c(C)cccc1C)c1ccc(C)c(C)c1. The maximum Gasteiger partial charge on any atom is 0.408 e. The number of nitrogens with zero attached hydrogens (tertiary/aromatic N) is 1. The van der Waals surface area contributed by atoms with Crippen molar-refractivity contribution in [3.05, 3.63) is 64.2 Å². The molecule has 0 heterocycles. The number of ether oxygens (including phenoxy) is 1. The van der Waals surface area contributed by atoms with Crippen LogP contribution in [-0.2, 0) is 14.3 Å². The van der Waals surface area contributed by atoms with Gasteiger partial charge in [-0.25, -0.2) is 4.79 Å². The van der Waals surface area contributed by atoms with E-state index in [-0.39, 0.29) is 11.8 Å². The quantitative estimate of drug-likeness (QED) is 0.331. The smallest absolute Gasteiger partial charge is 0.408 e. The number of carbonyl (C=O) groups excluding carboxylic acids is 3. The van der Waals surface area contributed by atoms with Crippen molar-refractivity contribution in [2.75, 3.05) is 23.9 Å². The molecule has 2 unspecified atom stereocenters. The molecule has 39 heavy (non-hydrogen) atoms. The van der Waals surface area contributed by atoms with Crippen molar-refractivity contribution in [2.45, 2.75) is 85.9 Å². The van der Waals surface area contributed by atoms with Gasteiger partial charge in [-0.1, -0.05) is 43.3 Å². The van der Waals surface area contributed by atoms with Gasteiger partial charge in [0.15, 0.2) is 0 Å². The first-order valence-corrected chi connectivity index (χ1v) is 14.9. The first kappa shape index (κ1) is 32.2. The minimum absolute atomic E-state index is 0.293. The highest BCUT2D eigenvalue weighted by Gasteiger charge is 2.36. The third kappa shape index (κ3) is 9.31. The Labute approximate surface area is 238 Å².